The molecule has 25 heavy (non-hydrogen) atoms. The Bertz CT molecular complexity index is 845. The van der Waals surface area contributed by atoms with Gasteiger partial charge in [0.25, 0.3) is 5.91 Å². The van der Waals surface area contributed by atoms with Crippen molar-refractivity contribution in [3.8, 4) is 0 Å². The van der Waals surface area contributed by atoms with Crippen molar-refractivity contribution in [1.82, 2.24) is 5.32 Å². The first-order valence-electron chi connectivity index (χ1n) is 8.16. The fourth-order valence-corrected chi connectivity index (χ4v) is 2.94. The summed E-state index contributed by atoms with van der Waals surface area (Å²) in [7, 11) is -1.91. The van der Waals surface area contributed by atoms with Crippen LogP contribution in [0.25, 0.3) is 0 Å². The number of rotatable bonds is 6. The van der Waals surface area contributed by atoms with Crippen LogP contribution in [0.15, 0.2) is 48.5 Å². The van der Waals surface area contributed by atoms with Crippen molar-refractivity contribution in [2.75, 3.05) is 17.6 Å². The van der Waals surface area contributed by atoms with E-state index >= 15 is 0 Å². The van der Waals surface area contributed by atoms with E-state index < -0.39 is 10.0 Å². The Morgan fingerprint density at radius 3 is 2.36 bits per heavy atom. The third-order valence-electron chi connectivity index (χ3n) is 4.20. The van der Waals surface area contributed by atoms with Gasteiger partial charge in [0.15, 0.2) is 0 Å². The minimum atomic E-state index is -3.37. The molecule has 0 unspecified atom stereocenters. The molecule has 1 N–H and O–H groups in total. The molecule has 2 rings (SSSR count). The van der Waals surface area contributed by atoms with Crippen molar-refractivity contribution < 1.29 is 13.2 Å². The zero-order chi connectivity index (χ0) is 18.6. The van der Waals surface area contributed by atoms with E-state index in [1.54, 1.807) is 24.3 Å². The molecule has 0 bridgehead atoms. The summed E-state index contributed by atoms with van der Waals surface area (Å²) in [5.74, 6) is -0.240. The molecule has 1 amide bonds. The van der Waals surface area contributed by atoms with Gasteiger partial charge < -0.3 is 5.32 Å². The third-order valence-corrected chi connectivity index (χ3v) is 5.41. The highest BCUT2D eigenvalue weighted by atomic mass is 32.2. The fraction of sp³-hybridized carbons (Fsp3) is 0.316. The van der Waals surface area contributed by atoms with Gasteiger partial charge in [0.1, 0.15) is 0 Å². The number of amides is 1. The van der Waals surface area contributed by atoms with Gasteiger partial charge in [-0.2, -0.15) is 0 Å². The van der Waals surface area contributed by atoms with Crippen LogP contribution in [0.3, 0.4) is 0 Å². The highest BCUT2D eigenvalue weighted by molar-refractivity contribution is 7.92. The van der Waals surface area contributed by atoms with Crippen LogP contribution in [0.4, 0.5) is 5.69 Å². The van der Waals surface area contributed by atoms with Crippen LogP contribution in [-0.2, 0) is 16.4 Å². The summed E-state index contributed by atoms with van der Waals surface area (Å²) in [6, 6.07) is 14.6. The Kier molecular flexibility index (Phi) is 5.85. The maximum absolute atomic E-state index is 12.5. The van der Waals surface area contributed by atoms with Crippen LogP contribution in [-0.4, -0.2) is 27.6 Å². The molecule has 0 heterocycles. The molecule has 0 aliphatic heterocycles. The van der Waals surface area contributed by atoms with Crippen LogP contribution in [0, 0.1) is 0 Å². The van der Waals surface area contributed by atoms with Crippen LogP contribution in [0.2, 0.25) is 0 Å². The average Bonchev–Trinajstić information content (AvgIpc) is 2.60. The number of aryl methyl sites for hydroxylation is 1. The van der Waals surface area contributed by atoms with E-state index in [-0.39, 0.29) is 11.9 Å². The minimum Gasteiger partial charge on any atom is -0.346 e. The summed E-state index contributed by atoms with van der Waals surface area (Å²) in [6.45, 7) is 4.02. The first-order valence-corrected chi connectivity index (χ1v) is 10.0. The van der Waals surface area contributed by atoms with Gasteiger partial charge in [0.2, 0.25) is 10.0 Å². The number of hydrogen-bond donors (Lipinski definition) is 1. The Balaban J connectivity index is 2.14. The minimum absolute atomic E-state index is 0.144. The molecular weight excluding hydrogens is 336 g/mol. The molecule has 2 aromatic carbocycles. The van der Waals surface area contributed by atoms with Crippen molar-refractivity contribution in [1.29, 1.82) is 0 Å². The van der Waals surface area contributed by atoms with Gasteiger partial charge in [-0.3, -0.25) is 9.10 Å². The van der Waals surface area contributed by atoms with Gasteiger partial charge in [-0.1, -0.05) is 37.3 Å². The van der Waals surface area contributed by atoms with Crippen molar-refractivity contribution >= 4 is 21.6 Å². The molecule has 0 aliphatic rings. The zero-order valence-corrected chi connectivity index (χ0v) is 15.8. The number of sulfonamides is 1. The largest absolute Gasteiger partial charge is 0.346 e. The zero-order valence-electron chi connectivity index (χ0n) is 15.0. The number of benzene rings is 2. The Labute approximate surface area is 149 Å². The molecule has 134 valence electrons. The Morgan fingerprint density at radius 2 is 1.80 bits per heavy atom. The Morgan fingerprint density at radius 1 is 1.16 bits per heavy atom. The van der Waals surface area contributed by atoms with Gasteiger partial charge in [-0.05, 0) is 42.7 Å². The van der Waals surface area contributed by atoms with E-state index in [0.29, 0.717) is 11.3 Å². The smallest absolute Gasteiger partial charge is 0.251 e. The number of carbonyl (C=O) groups excluding carboxylic acids is 1. The van der Waals surface area contributed by atoms with Crippen molar-refractivity contribution in [3.05, 3.63) is 65.2 Å². The number of carbonyl (C=O) groups is 1. The van der Waals surface area contributed by atoms with Crippen LogP contribution >= 0.6 is 0 Å². The fourth-order valence-electron chi connectivity index (χ4n) is 2.44. The lowest BCUT2D eigenvalue weighted by molar-refractivity contribution is 0.0940. The molecule has 5 nitrogen and oxygen atoms in total. The first-order chi connectivity index (χ1) is 11.7. The molecule has 0 saturated carbocycles. The topological polar surface area (TPSA) is 66.5 Å². The maximum Gasteiger partial charge on any atom is 0.251 e. The summed E-state index contributed by atoms with van der Waals surface area (Å²) in [6.07, 6.45) is 2.10. The first kappa shape index (κ1) is 19.0. The molecule has 0 aliphatic carbocycles. The Hall–Kier alpha value is -2.34. The second kappa shape index (κ2) is 7.70. The normalized spacial score (nSPS) is 12.5. The summed E-state index contributed by atoms with van der Waals surface area (Å²) in [4.78, 5) is 12.5. The van der Waals surface area contributed by atoms with E-state index in [2.05, 4.69) is 24.4 Å². The van der Waals surface area contributed by atoms with E-state index in [4.69, 9.17) is 0 Å². The third kappa shape index (κ3) is 4.82. The maximum atomic E-state index is 12.5. The lowest BCUT2D eigenvalue weighted by Crippen LogP contribution is -2.28. The molecule has 1 atom stereocenters. The highest BCUT2D eigenvalue weighted by Crippen LogP contribution is 2.19. The van der Waals surface area contributed by atoms with Gasteiger partial charge in [0.05, 0.1) is 18.0 Å². The number of nitrogens with one attached hydrogen (secondary N) is 1. The summed E-state index contributed by atoms with van der Waals surface area (Å²) in [5, 5.41) is 2.95. The van der Waals surface area contributed by atoms with Gasteiger partial charge in [-0.25, -0.2) is 8.42 Å². The van der Waals surface area contributed by atoms with Crippen molar-refractivity contribution in [2.45, 2.75) is 26.3 Å². The molecule has 0 fully saturated rings. The summed E-state index contributed by atoms with van der Waals surface area (Å²) >= 11 is 0. The quantitative estimate of drug-likeness (QED) is 0.861. The molecule has 0 radical (unpaired) electrons. The van der Waals surface area contributed by atoms with Crippen molar-refractivity contribution in [3.63, 3.8) is 0 Å². The lowest BCUT2D eigenvalue weighted by atomic mass is 10.0. The van der Waals surface area contributed by atoms with Crippen molar-refractivity contribution in [2.24, 2.45) is 0 Å². The predicted octanol–water partition coefficient (Wildman–Crippen LogP) is 3.14. The van der Waals surface area contributed by atoms with E-state index in [0.717, 1.165) is 22.5 Å². The summed E-state index contributed by atoms with van der Waals surface area (Å²) in [5.41, 5.74) is 3.15. The number of nitrogens with zero attached hydrogens (tertiary/aromatic N) is 1. The highest BCUT2D eigenvalue weighted by Gasteiger charge is 2.15. The SMILES string of the molecule is CCc1ccc([C@@H](C)NC(=O)c2cccc(N(C)S(C)(=O)=O)c2)cc1. The van der Waals surface area contributed by atoms with Crippen LogP contribution < -0.4 is 9.62 Å². The lowest BCUT2D eigenvalue weighted by Gasteiger charge is -2.18. The van der Waals surface area contributed by atoms with Crippen LogP contribution in [0.5, 0.6) is 0 Å². The second-order valence-electron chi connectivity index (χ2n) is 6.07. The molecule has 2 aromatic rings. The molecule has 0 spiro atoms. The molecule has 6 heteroatoms. The predicted molar refractivity (Wildman–Crippen MR) is 101 cm³/mol. The van der Waals surface area contributed by atoms with Gasteiger partial charge >= 0.3 is 0 Å². The van der Waals surface area contributed by atoms with Gasteiger partial charge in [-0.15, -0.1) is 0 Å². The number of anilines is 1. The van der Waals surface area contributed by atoms with Crippen LogP contribution in [0.1, 0.15) is 41.4 Å². The average molecular weight is 360 g/mol. The van der Waals surface area contributed by atoms with Gasteiger partial charge in [0, 0.05) is 12.6 Å². The van der Waals surface area contributed by atoms with E-state index in [9.17, 15) is 13.2 Å². The van der Waals surface area contributed by atoms with E-state index in [1.165, 1.54) is 12.6 Å². The number of hydrogen-bond acceptors (Lipinski definition) is 3. The molecule has 0 aromatic heterocycles. The molecular formula is C19H24N2O3S. The standard InChI is InChI=1S/C19H24N2O3S/c1-5-15-9-11-16(12-10-15)14(2)20-19(22)17-7-6-8-18(13-17)21(3)25(4,23)24/h6-14H,5H2,1-4H3,(H,20,22)/t14-/m1/s1. The monoisotopic (exact) mass is 360 g/mol. The second-order valence-corrected chi connectivity index (χ2v) is 8.08. The summed E-state index contributed by atoms with van der Waals surface area (Å²) < 4.78 is 24.5. The van der Waals surface area contributed by atoms with E-state index in [1.807, 2.05) is 19.1 Å². The molecule has 0 saturated heterocycles.